The number of hydrogen-bond acceptors (Lipinski definition) is 5. The van der Waals surface area contributed by atoms with Crippen molar-refractivity contribution < 1.29 is 29.3 Å². The van der Waals surface area contributed by atoms with Gasteiger partial charge in [-0.1, -0.05) is 62.4 Å². The fraction of sp³-hybridized carbons (Fsp3) is 0.423. The molecule has 2 aromatic carbocycles. The second kappa shape index (κ2) is 11.2. The number of ether oxygens (including phenoxy) is 1. The number of amides is 2. The van der Waals surface area contributed by atoms with Gasteiger partial charge in [-0.05, 0) is 35.1 Å². The highest BCUT2D eigenvalue weighted by atomic mass is 16.5. The maximum Gasteiger partial charge on any atom is 0.407 e. The van der Waals surface area contributed by atoms with Crippen LogP contribution in [0.25, 0.3) is 11.1 Å². The zero-order chi connectivity index (χ0) is 24.7. The topological polar surface area (TPSA) is 125 Å². The third-order valence-corrected chi connectivity index (χ3v) is 6.77. The van der Waals surface area contributed by atoms with E-state index < -0.39 is 29.4 Å². The molecule has 8 heteroatoms. The van der Waals surface area contributed by atoms with E-state index in [1.807, 2.05) is 50.2 Å². The summed E-state index contributed by atoms with van der Waals surface area (Å²) in [5.41, 5.74) is 3.49. The van der Waals surface area contributed by atoms with Crippen LogP contribution in [0.4, 0.5) is 4.79 Å². The monoisotopic (exact) mass is 468 g/mol. The normalized spacial score (nSPS) is 13.5. The summed E-state index contributed by atoms with van der Waals surface area (Å²) in [7, 11) is 0. The first-order valence-corrected chi connectivity index (χ1v) is 11.6. The molecule has 0 unspecified atom stereocenters. The quantitative estimate of drug-likeness (QED) is 0.401. The summed E-state index contributed by atoms with van der Waals surface area (Å²) >= 11 is 0. The summed E-state index contributed by atoms with van der Waals surface area (Å²) < 4.78 is 5.55. The van der Waals surface area contributed by atoms with Gasteiger partial charge in [-0.3, -0.25) is 4.79 Å². The van der Waals surface area contributed by atoms with Crippen molar-refractivity contribution in [3.63, 3.8) is 0 Å². The second-order valence-corrected chi connectivity index (χ2v) is 8.54. The van der Waals surface area contributed by atoms with Crippen LogP contribution in [0.1, 0.15) is 50.2 Å². The van der Waals surface area contributed by atoms with Gasteiger partial charge in [-0.2, -0.15) is 0 Å². The van der Waals surface area contributed by atoms with Crippen molar-refractivity contribution in [3.05, 3.63) is 59.7 Å². The highest BCUT2D eigenvalue weighted by Gasteiger charge is 2.38. The van der Waals surface area contributed by atoms with E-state index in [2.05, 4.69) is 22.8 Å². The Morgan fingerprint density at radius 2 is 1.56 bits per heavy atom. The number of aliphatic hydroxyl groups is 1. The Morgan fingerprint density at radius 3 is 2.06 bits per heavy atom. The third-order valence-electron chi connectivity index (χ3n) is 6.77. The SMILES string of the molecule is CCC(CC)(CNC(=O)OCC1c2ccccc2-c2ccccc21)C(=O)N[C@H](CCO)C(=O)O. The molecule has 0 saturated heterocycles. The minimum atomic E-state index is -1.21. The zero-order valence-electron chi connectivity index (χ0n) is 19.5. The number of aliphatic hydroxyl groups excluding tert-OH is 1. The fourth-order valence-electron chi connectivity index (χ4n) is 4.49. The molecule has 2 aromatic rings. The third kappa shape index (κ3) is 5.22. The number of hydrogen-bond donors (Lipinski definition) is 4. The molecule has 0 radical (unpaired) electrons. The molecule has 4 N–H and O–H groups in total. The first kappa shape index (κ1) is 25.2. The highest BCUT2D eigenvalue weighted by Crippen LogP contribution is 2.44. The molecule has 1 aliphatic rings. The molecule has 8 nitrogen and oxygen atoms in total. The zero-order valence-corrected chi connectivity index (χ0v) is 19.5. The molecule has 1 atom stereocenters. The molecule has 3 rings (SSSR count). The van der Waals surface area contributed by atoms with Crippen LogP contribution in [-0.4, -0.2) is 54.0 Å². The van der Waals surface area contributed by atoms with E-state index in [0.717, 1.165) is 22.3 Å². The summed E-state index contributed by atoms with van der Waals surface area (Å²) in [5.74, 6) is -1.76. The van der Waals surface area contributed by atoms with Crippen molar-refractivity contribution in [2.24, 2.45) is 5.41 Å². The van der Waals surface area contributed by atoms with Gasteiger partial charge in [0.2, 0.25) is 5.91 Å². The van der Waals surface area contributed by atoms with Gasteiger partial charge >= 0.3 is 12.1 Å². The summed E-state index contributed by atoms with van der Waals surface area (Å²) in [6.45, 7) is 3.43. The Labute approximate surface area is 199 Å². The van der Waals surface area contributed by atoms with Gasteiger partial charge in [0.1, 0.15) is 12.6 Å². The Balaban J connectivity index is 1.63. The average molecular weight is 469 g/mol. The molecule has 0 spiro atoms. The molecule has 0 bridgehead atoms. The Bertz CT molecular complexity index is 988. The Kier molecular flexibility index (Phi) is 8.28. The molecule has 2 amide bonds. The number of carbonyl (C=O) groups excluding carboxylic acids is 2. The van der Waals surface area contributed by atoms with Gasteiger partial charge in [-0.25, -0.2) is 9.59 Å². The molecular weight excluding hydrogens is 436 g/mol. The van der Waals surface area contributed by atoms with Gasteiger partial charge < -0.3 is 25.6 Å². The smallest absolute Gasteiger partial charge is 0.407 e. The number of rotatable bonds is 11. The Hall–Kier alpha value is -3.39. The van der Waals surface area contributed by atoms with E-state index in [0.29, 0.717) is 12.8 Å². The van der Waals surface area contributed by atoms with Crippen LogP contribution in [-0.2, 0) is 14.3 Å². The summed E-state index contributed by atoms with van der Waals surface area (Å²) in [4.78, 5) is 36.9. The lowest BCUT2D eigenvalue weighted by Gasteiger charge is -2.31. The number of nitrogens with one attached hydrogen (secondary N) is 2. The molecule has 34 heavy (non-hydrogen) atoms. The highest BCUT2D eigenvalue weighted by molar-refractivity contribution is 5.88. The number of carboxylic acid groups (broad SMARTS) is 1. The molecular formula is C26H32N2O6. The largest absolute Gasteiger partial charge is 0.480 e. The van der Waals surface area contributed by atoms with Crippen molar-refractivity contribution >= 4 is 18.0 Å². The van der Waals surface area contributed by atoms with Gasteiger partial charge in [0.05, 0.1) is 5.41 Å². The molecule has 0 heterocycles. The number of benzene rings is 2. The minimum absolute atomic E-state index is 0.00791. The number of carboxylic acids is 1. The van der Waals surface area contributed by atoms with Crippen LogP contribution >= 0.6 is 0 Å². The predicted octanol–water partition coefficient (Wildman–Crippen LogP) is 3.28. The average Bonchev–Trinajstić information content (AvgIpc) is 3.17. The van der Waals surface area contributed by atoms with Crippen molar-refractivity contribution in [1.82, 2.24) is 10.6 Å². The molecule has 0 aromatic heterocycles. The molecule has 0 saturated carbocycles. The Morgan fingerprint density at radius 1 is 1.00 bits per heavy atom. The number of fused-ring (bicyclic) bond motifs is 3. The first-order valence-electron chi connectivity index (χ1n) is 11.6. The van der Waals surface area contributed by atoms with Crippen LogP contribution in [0.5, 0.6) is 0 Å². The standard InChI is InChI=1S/C26H32N2O6/c1-3-26(4-2,24(32)28-22(13-14-29)23(30)31)16-27-25(33)34-15-21-19-11-7-5-9-17(19)18-10-6-8-12-20(18)21/h5-12,21-22,29H,3-4,13-16H2,1-2H3,(H,27,33)(H,28,32)(H,30,31)/t22-/m1/s1. The summed E-state index contributed by atoms with van der Waals surface area (Å²) in [6.07, 6.45) is 0.0605. The van der Waals surface area contributed by atoms with E-state index in [1.54, 1.807) is 0 Å². The second-order valence-electron chi connectivity index (χ2n) is 8.54. The van der Waals surface area contributed by atoms with E-state index in [1.165, 1.54) is 0 Å². The molecule has 0 fully saturated rings. The fourth-order valence-corrected chi connectivity index (χ4v) is 4.49. The van der Waals surface area contributed by atoms with Crippen LogP contribution in [0.15, 0.2) is 48.5 Å². The van der Waals surface area contributed by atoms with Gasteiger partial charge in [0.25, 0.3) is 0 Å². The van der Waals surface area contributed by atoms with Crippen LogP contribution in [0.2, 0.25) is 0 Å². The van der Waals surface area contributed by atoms with Crippen molar-refractivity contribution in [3.8, 4) is 11.1 Å². The van der Waals surface area contributed by atoms with Gasteiger partial charge in [-0.15, -0.1) is 0 Å². The lowest BCUT2D eigenvalue weighted by Crippen LogP contribution is -2.52. The van der Waals surface area contributed by atoms with Crippen LogP contribution < -0.4 is 10.6 Å². The summed E-state index contributed by atoms with van der Waals surface area (Å²) in [6, 6.07) is 14.9. The number of aliphatic carboxylic acids is 1. The van der Waals surface area contributed by atoms with Crippen LogP contribution in [0.3, 0.4) is 0 Å². The summed E-state index contributed by atoms with van der Waals surface area (Å²) in [5, 5.41) is 23.5. The van der Waals surface area contributed by atoms with Gasteiger partial charge in [0.15, 0.2) is 0 Å². The first-order chi connectivity index (χ1) is 16.4. The van der Waals surface area contributed by atoms with Crippen molar-refractivity contribution in [2.75, 3.05) is 19.8 Å². The molecule has 1 aliphatic carbocycles. The predicted molar refractivity (Wildman–Crippen MR) is 127 cm³/mol. The van der Waals surface area contributed by atoms with E-state index >= 15 is 0 Å². The van der Waals surface area contributed by atoms with Crippen LogP contribution in [0, 0.1) is 5.41 Å². The lowest BCUT2D eigenvalue weighted by atomic mass is 9.81. The van der Waals surface area contributed by atoms with E-state index in [4.69, 9.17) is 9.84 Å². The molecule has 0 aliphatic heterocycles. The maximum absolute atomic E-state index is 12.9. The number of alkyl carbamates (subject to hydrolysis) is 1. The molecule has 182 valence electrons. The van der Waals surface area contributed by atoms with E-state index in [-0.39, 0.29) is 32.1 Å². The number of carbonyl (C=O) groups is 3. The minimum Gasteiger partial charge on any atom is -0.480 e. The van der Waals surface area contributed by atoms with E-state index in [9.17, 15) is 19.5 Å². The van der Waals surface area contributed by atoms with Crippen molar-refractivity contribution in [2.45, 2.75) is 45.1 Å². The maximum atomic E-state index is 12.9. The van der Waals surface area contributed by atoms with Gasteiger partial charge in [0, 0.05) is 25.5 Å². The van der Waals surface area contributed by atoms with Crippen molar-refractivity contribution in [1.29, 1.82) is 0 Å². The lowest BCUT2D eigenvalue weighted by molar-refractivity contribution is -0.144.